The lowest BCUT2D eigenvalue weighted by Gasteiger charge is -2.22. The first-order chi connectivity index (χ1) is 9.65. The minimum Gasteiger partial charge on any atom is -0.349 e. The van der Waals surface area contributed by atoms with Crippen LogP contribution < -0.4 is 10.8 Å². The van der Waals surface area contributed by atoms with E-state index in [0.717, 1.165) is 0 Å². The van der Waals surface area contributed by atoms with Gasteiger partial charge in [0.05, 0.1) is 18.9 Å². The van der Waals surface area contributed by atoms with Gasteiger partial charge in [-0.25, -0.2) is 4.79 Å². The summed E-state index contributed by atoms with van der Waals surface area (Å²) >= 11 is 0. The number of halogens is 5. The largest absolute Gasteiger partial charge is 0.482 e. The number of alkyl halides is 5. The summed E-state index contributed by atoms with van der Waals surface area (Å²) in [6.45, 7) is -1.83. The fourth-order valence-electron chi connectivity index (χ4n) is 1.21. The van der Waals surface area contributed by atoms with Crippen LogP contribution in [0.5, 0.6) is 0 Å². The second-order valence-electron chi connectivity index (χ2n) is 3.66. The van der Waals surface area contributed by atoms with E-state index in [1.165, 1.54) is 12.1 Å². The minimum absolute atomic E-state index is 0.188. The maximum atomic E-state index is 12.4. The topological polar surface area (TPSA) is 64.8 Å². The first-order valence-corrected chi connectivity index (χ1v) is 5.51. The van der Waals surface area contributed by atoms with Gasteiger partial charge in [0, 0.05) is 0 Å². The molecule has 1 aromatic carbocycles. The number of carbonyl (C=O) groups is 1. The van der Waals surface area contributed by atoms with Gasteiger partial charge >= 0.3 is 18.3 Å². The van der Waals surface area contributed by atoms with E-state index >= 15 is 0 Å². The third-order valence-corrected chi connectivity index (χ3v) is 2.11. The number of amides is 2. The molecule has 0 bridgehead atoms. The molecule has 0 aliphatic rings. The summed E-state index contributed by atoms with van der Waals surface area (Å²) in [4.78, 5) is 15.8. The average molecular weight is 314 g/mol. The maximum absolute atomic E-state index is 12.4. The van der Waals surface area contributed by atoms with Crippen molar-refractivity contribution in [3.63, 3.8) is 0 Å². The third kappa shape index (κ3) is 4.83. The number of nitrogens with two attached hydrogens (primary N) is 1. The average Bonchev–Trinajstić information content (AvgIpc) is 2.37. The van der Waals surface area contributed by atoms with Crippen molar-refractivity contribution in [1.29, 1.82) is 0 Å². The molecular formula is C11H11F5N2O3. The second-order valence-corrected chi connectivity index (χ2v) is 3.66. The van der Waals surface area contributed by atoms with Crippen LogP contribution in [0.2, 0.25) is 0 Å². The molecule has 118 valence electrons. The van der Waals surface area contributed by atoms with Gasteiger partial charge in [-0.05, 0) is 12.1 Å². The molecule has 0 spiro atoms. The Hall–Kier alpha value is -1.94. The van der Waals surface area contributed by atoms with Crippen molar-refractivity contribution in [2.45, 2.75) is 12.3 Å². The quantitative estimate of drug-likeness (QED) is 0.499. The van der Waals surface area contributed by atoms with Crippen molar-refractivity contribution >= 4 is 11.7 Å². The highest BCUT2D eigenvalue weighted by Gasteiger charge is 2.59. The molecule has 0 aromatic heterocycles. The van der Waals surface area contributed by atoms with E-state index < -0.39 is 31.5 Å². The van der Waals surface area contributed by atoms with E-state index in [-0.39, 0.29) is 5.69 Å². The molecular weight excluding hydrogens is 303 g/mol. The fraction of sp³-hybridized carbons (Fsp3) is 0.364. The fourth-order valence-corrected chi connectivity index (χ4v) is 1.21. The SMILES string of the molecule is NC(=O)N(OCCOC(F)(F)C(F)(F)F)c1ccccc1. The van der Waals surface area contributed by atoms with Crippen LogP contribution >= 0.6 is 0 Å². The highest BCUT2D eigenvalue weighted by atomic mass is 19.4. The van der Waals surface area contributed by atoms with E-state index in [2.05, 4.69) is 4.74 Å². The standard InChI is InChI=1S/C11H11F5N2O3/c12-10(13,14)11(15,16)20-6-7-21-18(9(17)19)8-4-2-1-3-5-8/h1-5H,6-7H2,(H2,17,19). The Morgan fingerprint density at radius 3 is 2.14 bits per heavy atom. The van der Waals surface area contributed by atoms with Crippen LogP contribution in [0.3, 0.4) is 0 Å². The Morgan fingerprint density at radius 1 is 1.10 bits per heavy atom. The molecule has 1 aromatic rings. The zero-order valence-electron chi connectivity index (χ0n) is 10.4. The first kappa shape index (κ1) is 17.1. The zero-order chi connectivity index (χ0) is 16.1. The van der Waals surface area contributed by atoms with Gasteiger partial charge in [-0.15, -0.1) is 0 Å². The normalized spacial score (nSPS) is 12.2. The highest BCUT2D eigenvalue weighted by molar-refractivity contribution is 5.88. The van der Waals surface area contributed by atoms with Crippen molar-refractivity contribution in [3.05, 3.63) is 30.3 Å². The third-order valence-electron chi connectivity index (χ3n) is 2.11. The van der Waals surface area contributed by atoms with Crippen LogP contribution in [0.15, 0.2) is 30.3 Å². The van der Waals surface area contributed by atoms with E-state index in [0.29, 0.717) is 5.06 Å². The van der Waals surface area contributed by atoms with E-state index in [4.69, 9.17) is 10.6 Å². The molecule has 0 atom stereocenters. The molecule has 0 aliphatic heterocycles. The van der Waals surface area contributed by atoms with Gasteiger partial charge in [0.25, 0.3) is 0 Å². The number of nitrogens with zero attached hydrogens (tertiary/aromatic N) is 1. The second kappa shape index (κ2) is 6.68. The smallest absolute Gasteiger partial charge is 0.349 e. The summed E-state index contributed by atoms with van der Waals surface area (Å²) in [5.74, 6) is 0. The lowest BCUT2D eigenvalue weighted by atomic mass is 10.3. The van der Waals surface area contributed by atoms with Crippen molar-refractivity contribution in [2.24, 2.45) is 5.73 Å². The monoisotopic (exact) mass is 314 g/mol. The van der Waals surface area contributed by atoms with Crippen molar-refractivity contribution < 1.29 is 36.3 Å². The van der Waals surface area contributed by atoms with Crippen molar-refractivity contribution in [3.8, 4) is 0 Å². The Kier molecular flexibility index (Phi) is 5.44. The molecule has 2 amide bonds. The van der Waals surface area contributed by atoms with Gasteiger partial charge in [0.2, 0.25) is 0 Å². The van der Waals surface area contributed by atoms with Crippen LogP contribution in [0.1, 0.15) is 0 Å². The summed E-state index contributed by atoms with van der Waals surface area (Å²) in [6.07, 6.45) is -11.1. The molecule has 1 rings (SSSR count). The number of ether oxygens (including phenoxy) is 1. The number of hydrogen-bond donors (Lipinski definition) is 1. The Bertz CT molecular complexity index is 467. The van der Waals surface area contributed by atoms with Gasteiger partial charge < -0.3 is 10.5 Å². The van der Waals surface area contributed by atoms with Gasteiger partial charge in [0.1, 0.15) is 0 Å². The molecule has 5 nitrogen and oxygen atoms in total. The Labute approximate surface area is 116 Å². The van der Waals surface area contributed by atoms with Crippen LogP contribution in [0.4, 0.5) is 32.4 Å². The van der Waals surface area contributed by atoms with Gasteiger partial charge in [0.15, 0.2) is 0 Å². The number of rotatable bonds is 6. The molecule has 0 unspecified atom stereocenters. The van der Waals surface area contributed by atoms with E-state index in [9.17, 15) is 26.7 Å². The van der Waals surface area contributed by atoms with Gasteiger partial charge in [-0.1, -0.05) is 18.2 Å². The summed E-state index contributed by atoms with van der Waals surface area (Å²) in [7, 11) is 0. The number of para-hydroxylation sites is 1. The summed E-state index contributed by atoms with van der Waals surface area (Å²) in [5.41, 5.74) is 5.19. The number of benzene rings is 1. The van der Waals surface area contributed by atoms with Crippen LogP contribution in [0, 0.1) is 0 Å². The van der Waals surface area contributed by atoms with Crippen LogP contribution in [-0.4, -0.2) is 31.5 Å². The molecule has 0 fully saturated rings. The lowest BCUT2D eigenvalue weighted by molar-refractivity contribution is -0.392. The molecule has 0 saturated heterocycles. The van der Waals surface area contributed by atoms with Crippen molar-refractivity contribution in [2.75, 3.05) is 18.3 Å². The number of carbonyl (C=O) groups excluding carboxylic acids is 1. The first-order valence-electron chi connectivity index (χ1n) is 5.51. The maximum Gasteiger partial charge on any atom is 0.482 e. The number of hydrogen-bond acceptors (Lipinski definition) is 3. The van der Waals surface area contributed by atoms with Crippen LogP contribution in [-0.2, 0) is 9.57 Å². The minimum atomic E-state index is -5.82. The van der Waals surface area contributed by atoms with Gasteiger partial charge in [-0.3, -0.25) is 4.84 Å². The number of urea groups is 1. The molecule has 10 heteroatoms. The highest BCUT2D eigenvalue weighted by Crippen LogP contribution is 2.36. The van der Waals surface area contributed by atoms with Crippen molar-refractivity contribution in [1.82, 2.24) is 0 Å². The molecule has 0 saturated carbocycles. The Morgan fingerprint density at radius 2 is 1.67 bits per heavy atom. The summed E-state index contributed by atoms with van der Waals surface area (Å²) in [5, 5.41) is 0.551. The zero-order valence-corrected chi connectivity index (χ0v) is 10.4. The summed E-state index contributed by atoms with van der Waals surface area (Å²) in [6, 6.07) is 6.51. The summed E-state index contributed by atoms with van der Waals surface area (Å²) < 4.78 is 63.7. The van der Waals surface area contributed by atoms with E-state index in [1.807, 2.05) is 0 Å². The number of primary amides is 1. The molecule has 0 heterocycles. The number of anilines is 1. The predicted octanol–water partition coefficient (Wildman–Crippen LogP) is 2.68. The van der Waals surface area contributed by atoms with E-state index in [1.54, 1.807) is 18.2 Å². The molecule has 2 N–H and O–H groups in total. The number of hydroxylamine groups is 1. The van der Waals surface area contributed by atoms with Gasteiger partial charge in [-0.2, -0.15) is 27.0 Å². The Balaban J connectivity index is 2.52. The predicted molar refractivity (Wildman–Crippen MR) is 61.4 cm³/mol. The molecule has 21 heavy (non-hydrogen) atoms. The molecule has 0 aliphatic carbocycles. The molecule has 0 radical (unpaired) electrons. The van der Waals surface area contributed by atoms with Crippen LogP contribution in [0.25, 0.3) is 0 Å². The lowest BCUT2D eigenvalue weighted by Crippen LogP contribution is -2.41.